The van der Waals surface area contributed by atoms with Crippen LogP contribution in [-0.4, -0.2) is 26.8 Å². The highest BCUT2D eigenvalue weighted by Gasteiger charge is 2.73. The number of hydrogen-bond acceptors (Lipinski definition) is 2. The Morgan fingerprint density at radius 1 is 0.850 bits per heavy atom. The predicted octanol–water partition coefficient (Wildman–Crippen LogP) is 3.38. The molecule has 0 atom stereocenters. The molecule has 0 saturated carbocycles. The third kappa shape index (κ3) is 2.74. The van der Waals surface area contributed by atoms with E-state index in [0.717, 1.165) is 6.26 Å². The second kappa shape index (κ2) is 4.61. The molecule has 0 heterocycles. The van der Waals surface area contributed by atoms with Crippen LogP contribution in [0.2, 0.25) is 0 Å². The van der Waals surface area contributed by atoms with E-state index in [2.05, 4.69) is 0 Å². The number of hydrogen-bond donors (Lipinski definition) is 0. The summed E-state index contributed by atoms with van der Waals surface area (Å²) < 4.78 is 110. The zero-order valence-corrected chi connectivity index (χ0v) is 10.5. The minimum atomic E-state index is -6.44. The van der Waals surface area contributed by atoms with E-state index >= 15 is 0 Å². The van der Waals surface area contributed by atoms with E-state index in [9.17, 15) is 39.2 Å². The van der Waals surface area contributed by atoms with Crippen molar-refractivity contribution in [1.29, 1.82) is 0 Å². The lowest BCUT2D eigenvalue weighted by Gasteiger charge is -2.28. The largest absolute Gasteiger partial charge is 0.460 e. The standard InChI is InChI=1S/C10H7F7O2S/c1-20(18,19)7-4-2-6(3-5-7)8(11,12)9(13,14)10(15,16)17/h2-5H,1H3. The summed E-state index contributed by atoms with van der Waals surface area (Å²) >= 11 is 0. The van der Waals surface area contributed by atoms with Gasteiger partial charge >= 0.3 is 18.0 Å². The first-order chi connectivity index (χ1) is 8.71. The Hall–Kier alpha value is -1.32. The molecule has 0 unspecified atom stereocenters. The Morgan fingerprint density at radius 2 is 1.25 bits per heavy atom. The van der Waals surface area contributed by atoms with Crippen LogP contribution < -0.4 is 0 Å². The zero-order chi connectivity index (χ0) is 16.0. The normalized spacial score (nSPS) is 14.4. The lowest BCUT2D eigenvalue weighted by molar-refractivity contribution is -0.359. The van der Waals surface area contributed by atoms with Gasteiger partial charge in [-0.05, 0) is 12.1 Å². The van der Waals surface area contributed by atoms with Crippen molar-refractivity contribution in [3.05, 3.63) is 29.8 Å². The lowest BCUT2D eigenvalue weighted by atomic mass is 10.0. The summed E-state index contributed by atoms with van der Waals surface area (Å²) in [5.74, 6) is -11.8. The zero-order valence-electron chi connectivity index (χ0n) is 9.68. The molecular weight excluding hydrogens is 317 g/mol. The first-order valence-corrected chi connectivity index (χ1v) is 6.73. The molecule has 0 saturated heterocycles. The second-order valence-electron chi connectivity index (χ2n) is 3.94. The molecule has 0 aliphatic carbocycles. The van der Waals surface area contributed by atoms with Gasteiger partial charge in [0.15, 0.2) is 9.84 Å². The highest BCUT2D eigenvalue weighted by atomic mass is 32.2. The van der Waals surface area contributed by atoms with Gasteiger partial charge in [-0.3, -0.25) is 0 Å². The molecule has 0 aliphatic heterocycles. The third-order valence-electron chi connectivity index (χ3n) is 2.40. The van der Waals surface area contributed by atoms with Crippen LogP contribution >= 0.6 is 0 Å². The summed E-state index contributed by atoms with van der Waals surface area (Å²) in [6.07, 6.45) is -5.71. The monoisotopic (exact) mass is 324 g/mol. The van der Waals surface area contributed by atoms with Gasteiger partial charge in [0.1, 0.15) is 0 Å². The summed E-state index contributed by atoms with van der Waals surface area (Å²) in [5.41, 5.74) is -1.63. The summed E-state index contributed by atoms with van der Waals surface area (Å²) in [7, 11) is -3.78. The van der Waals surface area contributed by atoms with Gasteiger partial charge in [-0.2, -0.15) is 30.7 Å². The van der Waals surface area contributed by atoms with Crippen molar-refractivity contribution in [2.24, 2.45) is 0 Å². The van der Waals surface area contributed by atoms with Crippen LogP contribution in [0, 0.1) is 0 Å². The molecule has 1 rings (SSSR count). The minimum absolute atomic E-state index is 0.218. The molecule has 0 radical (unpaired) electrons. The molecule has 0 fully saturated rings. The summed E-state index contributed by atoms with van der Waals surface area (Å²) in [5, 5.41) is 0. The molecule has 0 amide bonds. The third-order valence-corrected chi connectivity index (χ3v) is 3.52. The van der Waals surface area contributed by atoms with Crippen molar-refractivity contribution in [2.75, 3.05) is 6.26 Å². The van der Waals surface area contributed by atoms with Gasteiger partial charge in [-0.1, -0.05) is 12.1 Å². The van der Waals surface area contributed by atoms with Crippen molar-refractivity contribution in [2.45, 2.75) is 22.9 Å². The lowest BCUT2D eigenvalue weighted by Crippen LogP contribution is -2.50. The fraction of sp³-hybridized carbons (Fsp3) is 0.400. The van der Waals surface area contributed by atoms with Crippen LogP contribution in [0.1, 0.15) is 5.56 Å². The van der Waals surface area contributed by atoms with Gasteiger partial charge < -0.3 is 0 Å². The van der Waals surface area contributed by atoms with Gasteiger partial charge in [0.25, 0.3) is 0 Å². The molecule has 2 nitrogen and oxygen atoms in total. The Labute approximate surface area is 109 Å². The number of rotatable bonds is 3. The maximum atomic E-state index is 13.2. The van der Waals surface area contributed by atoms with Crippen LogP contribution in [0.4, 0.5) is 30.7 Å². The Kier molecular flexibility index (Phi) is 3.85. The fourth-order valence-corrected chi connectivity index (χ4v) is 1.90. The van der Waals surface area contributed by atoms with Crippen LogP contribution in [0.15, 0.2) is 29.2 Å². The Bertz CT molecular complexity index is 587. The highest BCUT2D eigenvalue weighted by Crippen LogP contribution is 2.51. The first-order valence-electron chi connectivity index (χ1n) is 4.84. The molecule has 114 valence electrons. The average molecular weight is 324 g/mol. The van der Waals surface area contributed by atoms with Crippen molar-refractivity contribution < 1.29 is 39.2 Å². The molecule has 20 heavy (non-hydrogen) atoms. The van der Waals surface area contributed by atoms with E-state index in [1.165, 1.54) is 0 Å². The molecule has 1 aromatic carbocycles. The van der Waals surface area contributed by atoms with Crippen molar-refractivity contribution in [3.8, 4) is 0 Å². The fourth-order valence-electron chi connectivity index (χ4n) is 1.27. The van der Waals surface area contributed by atoms with Crippen molar-refractivity contribution >= 4 is 9.84 Å². The summed E-state index contributed by atoms with van der Waals surface area (Å²) in [4.78, 5) is -0.479. The molecule has 0 bridgehead atoms. The highest BCUT2D eigenvalue weighted by molar-refractivity contribution is 7.90. The van der Waals surface area contributed by atoms with E-state index in [1.54, 1.807) is 0 Å². The molecule has 10 heteroatoms. The molecule has 1 aromatic rings. The Balaban J connectivity index is 3.31. The number of benzene rings is 1. The van der Waals surface area contributed by atoms with Gasteiger partial charge in [0.2, 0.25) is 0 Å². The van der Waals surface area contributed by atoms with Crippen molar-refractivity contribution in [1.82, 2.24) is 0 Å². The number of alkyl halides is 7. The number of sulfone groups is 1. The van der Waals surface area contributed by atoms with E-state index in [1.807, 2.05) is 0 Å². The van der Waals surface area contributed by atoms with E-state index in [-0.39, 0.29) is 12.1 Å². The van der Waals surface area contributed by atoms with Crippen LogP contribution in [0.25, 0.3) is 0 Å². The quantitative estimate of drug-likeness (QED) is 0.799. The summed E-state index contributed by atoms with van der Waals surface area (Å²) in [6.45, 7) is 0. The van der Waals surface area contributed by atoms with Crippen LogP contribution in [0.3, 0.4) is 0 Å². The molecule has 0 N–H and O–H groups in total. The molecule has 0 spiro atoms. The predicted molar refractivity (Wildman–Crippen MR) is 54.4 cm³/mol. The number of halogens is 7. The van der Waals surface area contributed by atoms with Gasteiger partial charge in [0.05, 0.1) is 4.90 Å². The van der Waals surface area contributed by atoms with Gasteiger partial charge in [0, 0.05) is 11.8 Å². The molecular formula is C10H7F7O2S. The van der Waals surface area contributed by atoms with Crippen LogP contribution in [0.5, 0.6) is 0 Å². The minimum Gasteiger partial charge on any atom is -0.224 e. The molecule has 0 aliphatic rings. The first kappa shape index (κ1) is 16.7. The van der Waals surface area contributed by atoms with Gasteiger partial charge in [-0.25, -0.2) is 8.42 Å². The Morgan fingerprint density at radius 3 is 1.55 bits per heavy atom. The van der Waals surface area contributed by atoms with E-state index in [4.69, 9.17) is 0 Å². The maximum absolute atomic E-state index is 13.2. The second-order valence-corrected chi connectivity index (χ2v) is 5.96. The SMILES string of the molecule is CS(=O)(=O)c1ccc(C(F)(F)C(F)(F)C(F)(F)F)cc1. The van der Waals surface area contributed by atoms with E-state index in [0.29, 0.717) is 12.1 Å². The topological polar surface area (TPSA) is 34.1 Å². The van der Waals surface area contributed by atoms with Crippen molar-refractivity contribution in [3.63, 3.8) is 0 Å². The molecule has 0 aromatic heterocycles. The van der Waals surface area contributed by atoms with Crippen LogP contribution in [-0.2, 0) is 15.8 Å². The summed E-state index contributed by atoms with van der Waals surface area (Å²) in [6, 6.07) is 1.50. The maximum Gasteiger partial charge on any atom is 0.460 e. The average Bonchev–Trinajstić information content (AvgIpc) is 2.26. The van der Waals surface area contributed by atoms with E-state index < -0.39 is 38.3 Å². The smallest absolute Gasteiger partial charge is 0.224 e. The van der Waals surface area contributed by atoms with Gasteiger partial charge in [-0.15, -0.1) is 0 Å².